The lowest BCUT2D eigenvalue weighted by molar-refractivity contribution is 0.572. The Morgan fingerprint density at radius 1 is 1.04 bits per heavy atom. The average molecular weight is 372 g/mol. The van der Waals surface area contributed by atoms with Gasteiger partial charge in [0.1, 0.15) is 0 Å². The van der Waals surface area contributed by atoms with Gasteiger partial charge in [0.05, 0.1) is 6.20 Å². The van der Waals surface area contributed by atoms with E-state index in [9.17, 15) is 0 Å². The highest BCUT2D eigenvalue weighted by atomic mass is 16.3. The van der Waals surface area contributed by atoms with Gasteiger partial charge >= 0.3 is 0 Å². The van der Waals surface area contributed by atoms with Gasteiger partial charge in [0.15, 0.2) is 12.2 Å². The summed E-state index contributed by atoms with van der Waals surface area (Å²) in [6.45, 7) is 8.92. The van der Waals surface area contributed by atoms with Crippen LogP contribution in [0.4, 0.5) is 0 Å². The van der Waals surface area contributed by atoms with E-state index in [0.717, 1.165) is 17.7 Å². The number of hydrogen-bond donors (Lipinski definition) is 0. The summed E-state index contributed by atoms with van der Waals surface area (Å²) in [5.41, 5.74) is 6.28. The summed E-state index contributed by atoms with van der Waals surface area (Å²) >= 11 is 0. The van der Waals surface area contributed by atoms with Crippen molar-refractivity contribution in [2.45, 2.75) is 34.1 Å². The minimum atomic E-state index is 0.465. The average Bonchev–Trinajstić information content (AvgIpc) is 3.23. The summed E-state index contributed by atoms with van der Waals surface area (Å²) < 4.78 is 5.39. The van der Waals surface area contributed by atoms with Crippen LogP contribution in [0.5, 0.6) is 0 Å². The molecule has 2 heteroatoms. The van der Waals surface area contributed by atoms with Crippen LogP contribution < -0.4 is 0 Å². The smallest absolute Gasteiger partial charge is 0.181 e. The van der Waals surface area contributed by atoms with Crippen molar-refractivity contribution >= 4 is 12.2 Å². The van der Waals surface area contributed by atoms with Gasteiger partial charge in [-0.3, -0.25) is 0 Å². The minimum Gasteiger partial charge on any atom is -0.444 e. The fourth-order valence-electron chi connectivity index (χ4n) is 3.05. The monoisotopic (exact) mass is 371 g/mol. The predicted molar refractivity (Wildman–Crippen MR) is 119 cm³/mol. The number of allylic oxidation sites excluding steroid dienone is 2. The Morgan fingerprint density at radius 2 is 1.82 bits per heavy atom. The van der Waals surface area contributed by atoms with Crippen molar-refractivity contribution in [1.29, 1.82) is 0 Å². The van der Waals surface area contributed by atoms with Gasteiger partial charge in [-0.1, -0.05) is 87.0 Å². The summed E-state index contributed by atoms with van der Waals surface area (Å²) in [7, 11) is 0. The summed E-state index contributed by atoms with van der Waals surface area (Å²) in [6.07, 6.45) is 11.0. The van der Waals surface area contributed by atoms with E-state index < -0.39 is 0 Å². The Hall–Kier alpha value is -2.87. The van der Waals surface area contributed by atoms with Crippen molar-refractivity contribution in [3.8, 4) is 11.3 Å². The number of aromatic nitrogens is 1. The van der Waals surface area contributed by atoms with E-state index in [-0.39, 0.29) is 0 Å². The number of rotatable bonds is 7. The molecule has 1 heterocycles. The number of oxazole rings is 1. The largest absolute Gasteiger partial charge is 0.444 e. The van der Waals surface area contributed by atoms with Gasteiger partial charge in [-0.2, -0.15) is 0 Å². The molecule has 0 radical (unpaired) electrons. The maximum Gasteiger partial charge on any atom is 0.181 e. The molecule has 0 fully saturated rings. The third kappa shape index (κ3) is 5.56. The molecule has 1 aromatic heterocycles. The molecule has 0 spiro atoms. The maximum atomic E-state index is 5.39. The lowest BCUT2D eigenvalue weighted by atomic mass is 9.97. The Kier molecular flexibility index (Phi) is 6.65. The highest BCUT2D eigenvalue weighted by Crippen LogP contribution is 2.21. The van der Waals surface area contributed by atoms with Crippen LogP contribution in [-0.4, -0.2) is 4.98 Å². The van der Waals surface area contributed by atoms with Crippen LogP contribution in [0.3, 0.4) is 0 Å². The van der Waals surface area contributed by atoms with Crippen LogP contribution in [0.1, 0.15) is 44.4 Å². The van der Waals surface area contributed by atoms with E-state index in [1.54, 1.807) is 6.20 Å². The van der Waals surface area contributed by atoms with Crippen molar-refractivity contribution in [3.63, 3.8) is 0 Å². The predicted octanol–water partition coefficient (Wildman–Crippen LogP) is 7.29. The second-order valence-corrected chi connectivity index (χ2v) is 7.82. The standard InChI is InChI=1S/C26H29NO/c1-19(2)21(4)15-24-12-10-23(11-13-24)14-20(3)8-9-22-6-5-7-25(16-22)26-17-27-18-28-26/h5-13,15-20H,14H2,1-4H3/b9-8+,21-15+. The first-order valence-corrected chi connectivity index (χ1v) is 9.95. The van der Waals surface area contributed by atoms with E-state index in [1.165, 1.54) is 28.7 Å². The molecule has 0 aliphatic heterocycles. The van der Waals surface area contributed by atoms with Crippen LogP contribution in [0.15, 0.2) is 77.2 Å². The molecule has 1 unspecified atom stereocenters. The number of nitrogens with zero attached hydrogens (tertiary/aromatic N) is 1. The molecule has 2 nitrogen and oxygen atoms in total. The second kappa shape index (κ2) is 9.36. The molecule has 2 aromatic carbocycles. The molecular formula is C26H29NO. The SMILES string of the molecule is C/C(=C\c1ccc(CC(C)/C=C/c2cccc(-c3cnco3)c2)cc1)C(C)C. The van der Waals surface area contributed by atoms with Crippen LogP contribution in [-0.2, 0) is 6.42 Å². The summed E-state index contributed by atoms with van der Waals surface area (Å²) in [4.78, 5) is 3.99. The lowest BCUT2D eigenvalue weighted by Crippen LogP contribution is -1.96. The van der Waals surface area contributed by atoms with Gasteiger partial charge in [-0.05, 0) is 47.9 Å². The first-order valence-electron chi connectivity index (χ1n) is 9.95. The Bertz CT molecular complexity index is 931. The lowest BCUT2D eigenvalue weighted by Gasteiger charge is -2.08. The number of hydrogen-bond acceptors (Lipinski definition) is 2. The third-order valence-electron chi connectivity index (χ3n) is 5.06. The fraction of sp³-hybridized carbons (Fsp3) is 0.269. The molecule has 144 valence electrons. The zero-order valence-electron chi connectivity index (χ0n) is 17.2. The third-order valence-corrected chi connectivity index (χ3v) is 5.06. The molecule has 0 saturated carbocycles. The van der Waals surface area contributed by atoms with Gasteiger partial charge < -0.3 is 4.42 Å². The quantitative estimate of drug-likeness (QED) is 0.436. The van der Waals surface area contributed by atoms with Gasteiger partial charge in [-0.25, -0.2) is 4.98 Å². The van der Waals surface area contributed by atoms with E-state index in [0.29, 0.717) is 11.8 Å². The first kappa shape index (κ1) is 19.9. The van der Waals surface area contributed by atoms with Gasteiger partial charge in [0, 0.05) is 5.56 Å². The van der Waals surface area contributed by atoms with Crippen molar-refractivity contribution in [2.75, 3.05) is 0 Å². The van der Waals surface area contributed by atoms with E-state index in [2.05, 4.69) is 87.3 Å². The Balaban J connectivity index is 1.62. The van der Waals surface area contributed by atoms with E-state index in [4.69, 9.17) is 4.42 Å². The molecule has 3 rings (SSSR count). The van der Waals surface area contributed by atoms with Crippen molar-refractivity contribution in [3.05, 3.63) is 89.5 Å². The fourth-order valence-corrected chi connectivity index (χ4v) is 3.05. The molecule has 1 atom stereocenters. The van der Waals surface area contributed by atoms with Crippen LogP contribution >= 0.6 is 0 Å². The maximum absolute atomic E-state index is 5.39. The highest BCUT2D eigenvalue weighted by Gasteiger charge is 2.03. The first-order chi connectivity index (χ1) is 13.5. The van der Waals surface area contributed by atoms with Crippen molar-refractivity contribution < 1.29 is 4.42 Å². The molecule has 0 N–H and O–H groups in total. The normalized spacial score (nSPS) is 13.4. The summed E-state index contributed by atoms with van der Waals surface area (Å²) in [6, 6.07) is 17.3. The molecule has 0 aliphatic carbocycles. The van der Waals surface area contributed by atoms with Gasteiger partial charge in [-0.15, -0.1) is 0 Å². The zero-order valence-corrected chi connectivity index (χ0v) is 17.2. The van der Waals surface area contributed by atoms with Crippen molar-refractivity contribution in [1.82, 2.24) is 4.98 Å². The molecule has 3 aromatic rings. The van der Waals surface area contributed by atoms with Crippen LogP contribution in [0.25, 0.3) is 23.5 Å². The second-order valence-electron chi connectivity index (χ2n) is 7.82. The van der Waals surface area contributed by atoms with Crippen LogP contribution in [0.2, 0.25) is 0 Å². The van der Waals surface area contributed by atoms with Crippen molar-refractivity contribution in [2.24, 2.45) is 11.8 Å². The molecule has 0 saturated heterocycles. The number of benzene rings is 2. The Labute approximate surface area is 168 Å². The minimum absolute atomic E-state index is 0.465. The van der Waals surface area contributed by atoms with E-state index >= 15 is 0 Å². The highest BCUT2D eigenvalue weighted by molar-refractivity contribution is 5.62. The van der Waals surface area contributed by atoms with Crippen LogP contribution in [0, 0.1) is 11.8 Å². The molecule has 0 bridgehead atoms. The Morgan fingerprint density at radius 3 is 2.50 bits per heavy atom. The summed E-state index contributed by atoms with van der Waals surface area (Å²) in [5.74, 6) is 1.85. The summed E-state index contributed by atoms with van der Waals surface area (Å²) in [5, 5.41) is 0. The zero-order chi connectivity index (χ0) is 19.9. The van der Waals surface area contributed by atoms with E-state index in [1.807, 2.05) is 12.1 Å². The molecule has 0 aliphatic rings. The molecular weight excluding hydrogens is 342 g/mol. The van der Waals surface area contributed by atoms with Gasteiger partial charge in [0.25, 0.3) is 0 Å². The topological polar surface area (TPSA) is 26.0 Å². The molecule has 28 heavy (non-hydrogen) atoms. The molecule has 0 amide bonds. The van der Waals surface area contributed by atoms with Gasteiger partial charge in [0.2, 0.25) is 0 Å².